The summed E-state index contributed by atoms with van der Waals surface area (Å²) in [5.41, 5.74) is 0.851. The second-order valence-electron chi connectivity index (χ2n) is 6.51. The Hall–Kier alpha value is -3.24. The Morgan fingerprint density at radius 3 is 2.69 bits per heavy atom. The maximum atomic E-state index is 12.6. The van der Waals surface area contributed by atoms with Gasteiger partial charge < -0.3 is 9.47 Å². The van der Waals surface area contributed by atoms with Crippen molar-refractivity contribution in [3.05, 3.63) is 48.5 Å². The van der Waals surface area contributed by atoms with Gasteiger partial charge in [-0.25, -0.2) is 4.98 Å². The van der Waals surface area contributed by atoms with Crippen LogP contribution in [0.5, 0.6) is 0 Å². The molecule has 1 aromatic carbocycles. The highest BCUT2D eigenvalue weighted by atomic mass is 19.4. The van der Waals surface area contributed by atoms with E-state index in [1.165, 1.54) is 29.1 Å². The normalized spacial score (nSPS) is 11.6. The van der Waals surface area contributed by atoms with Crippen molar-refractivity contribution in [1.82, 2.24) is 34.7 Å². The van der Waals surface area contributed by atoms with E-state index in [9.17, 15) is 18.0 Å². The van der Waals surface area contributed by atoms with Crippen molar-refractivity contribution >= 4 is 5.91 Å². The third-order valence-corrected chi connectivity index (χ3v) is 4.19. The molecule has 0 N–H and O–H groups in total. The van der Waals surface area contributed by atoms with Crippen LogP contribution in [-0.4, -0.2) is 53.8 Å². The van der Waals surface area contributed by atoms with E-state index in [4.69, 9.17) is 0 Å². The summed E-state index contributed by atoms with van der Waals surface area (Å²) in [7, 11) is 1.54. The molecule has 2 aromatic heterocycles. The number of carbonyl (C=O) groups is 1. The van der Waals surface area contributed by atoms with Gasteiger partial charge in [0.1, 0.15) is 12.4 Å². The first-order valence-electron chi connectivity index (χ1n) is 8.96. The predicted molar refractivity (Wildman–Crippen MR) is 97.2 cm³/mol. The summed E-state index contributed by atoms with van der Waals surface area (Å²) in [6.07, 6.45) is -1.12. The summed E-state index contributed by atoms with van der Waals surface area (Å²) in [6.45, 7) is -0.726. The van der Waals surface area contributed by atoms with Gasteiger partial charge in [0.25, 0.3) is 0 Å². The molecule has 0 bridgehead atoms. The zero-order valence-electron chi connectivity index (χ0n) is 15.7. The lowest BCUT2D eigenvalue weighted by atomic mass is 10.2. The summed E-state index contributed by atoms with van der Waals surface area (Å²) in [6, 6.07) is 9.41. The van der Waals surface area contributed by atoms with Crippen LogP contribution in [0.2, 0.25) is 0 Å². The summed E-state index contributed by atoms with van der Waals surface area (Å²) in [5, 5.41) is 12.2. The molecule has 11 heteroatoms. The number of aryl methyl sites for hydroxylation is 1. The number of hydrogen-bond donors (Lipinski definition) is 0. The van der Waals surface area contributed by atoms with E-state index in [2.05, 4.69) is 20.4 Å². The lowest BCUT2D eigenvalue weighted by molar-refractivity contribution is -0.141. The maximum absolute atomic E-state index is 12.6. The lowest BCUT2D eigenvalue weighted by Crippen LogP contribution is -2.29. The van der Waals surface area contributed by atoms with Crippen LogP contribution in [0.1, 0.15) is 18.7 Å². The number of imidazole rings is 1. The fraction of sp³-hybridized carbons (Fsp3) is 0.389. The minimum absolute atomic E-state index is 0.00163. The first kappa shape index (κ1) is 20.5. The van der Waals surface area contributed by atoms with Crippen LogP contribution in [0.25, 0.3) is 11.4 Å². The van der Waals surface area contributed by atoms with Gasteiger partial charge in [0.2, 0.25) is 11.7 Å². The first-order valence-corrected chi connectivity index (χ1v) is 8.96. The second kappa shape index (κ2) is 8.84. The third kappa shape index (κ3) is 5.87. The predicted octanol–water partition coefficient (Wildman–Crippen LogP) is 2.54. The minimum atomic E-state index is -4.35. The zero-order valence-corrected chi connectivity index (χ0v) is 15.7. The number of carbonyl (C=O) groups excluding carboxylic acids is 1. The van der Waals surface area contributed by atoms with Crippen molar-refractivity contribution in [1.29, 1.82) is 0 Å². The van der Waals surface area contributed by atoms with Crippen LogP contribution in [0, 0.1) is 0 Å². The van der Waals surface area contributed by atoms with E-state index in [1.54, 1.807) is 0 Å². The number of nitrogens with zero attached hydrogens (tertiary/aromatic N) is 7. The van der Waals surface area contributed by atoms with E-state index < -0.39 is 12.7 Å². The number of amides is 1. The van der Waals surface area contributed by atoms with Gasteiger partial charge in [-0.2, -0.15) is 18.0 Å². The monoisotopic (exact) mass is 407 g/mol. The number of halogens is 3. The molecule has 1 amide bonds. The highest BCUT2D eigenvalue weighted by Gasteiger charge is 2.29. The van der Waals surface area contributed by atoms with E-state index in [0.717, 1.165) is 10.1 Å². The highest BCUT2D eigenvalue weighted by Crippen LogP contribution is 2.19. The number of benzene rings is 1. The van der Waals surface area contributed by atoms with Gasteiger partial charge in [-0.05, 0) is 11.6 Å². The van der Waals surface area contributed by atoms with Gasteiger partial charge in [-0.3, -0.25) is 4.79 Å². The number of aromatic nitrogens is 6. The van der Waals surface area contributed by atoms with Crippen molar-refractivity contribution in [2.75, 3.05) is 7.05 Å². The van der Waals surface area contributed by atoms with Crippen molar-refractivity contribution in [2.45, 2.75) is 38.7 Å². The molecule has 0 aliphatic carbocycles. The van der Waals surface area contributed by atoms with Gasteiger partial charge in [-0.1, -0.05) is 30.3 Å². The number of rotatable bonds is 8. The molecule has 154 valence electrons. The topological polar surface area (TPSA) is 81.7 Å². The number of alkyl halides is 3. The smallest absolute Gasteiger partial charge is 0.338 e. The molecular weight excluding hydrogens is 387 g/mol. The van der Waals surface area contributed by atoms with Crippen LogP contribution < -0.4 is 0 Å². The van der Waals surface area contributed by atoms with E-state index in [-0.39, 0.29) is 24.7 Å². The van der Waals surface area contributed by atoms with E-state index in [0.29, 0.717) is 18.8 Å². The molecule has 2 heterocycles. The fourth-order valence-electron chi connectivity index (χ4n) is 2.73. The average molecular weight is 407 g/mol. The molecule has 3 rings (SSSR count). The molecule has 0 aliphatic rings. The summed E-state index contributed by atoms with van der Waals surface area (Å²) in [4.78, 5) is 19.0. The minimum Gasteiger partial charge on any atom is -0.338 e. The molecule has 0 saturated heterocycles. The standard InChI is InChI=1S/C18H20F3N7O/c1-26(12-15-22-9-11-27(15)13-18(19,20)21)16(29)8-5-10-28-24-17(23-25-28)14-6-3-2-4-7-14/h2-4,6-7,9,11H,5,8,10,12-13H2,1H3. The molecule has 0 saturated carbocycles. The Morgan fingerprint density at radius 2 is 1.97 bits per heavy atom. The van der Waals surface area contributed by atoms with Gasteiger partial charge in [-0.15, -0.1) is 10.2 Å². The highest BCUT2D eigenvalue weighted by molar-refractivity contribution is 5.75. The van der Waals surface area contributed by atoms with Gasteiger partial charge in [0.15, 0.2) is 0 Å². The van der Waals surface area contributed by atoms with Crippen molar-refractivity contribution in [3.8, 4) is 11.4 Å². The SMILES string of the molecule is CN(Cc1nccn1CC(F)(F)F)C(=O)CCCn1nnc(-c2ccccc2)n1. The number of hydrogen-bond acceptors (Lipinski definition) is 5. The maximum Gasteiger partial charge on any atom is 0.406 e. The Balaban J connectivity index is 1.48. The molecule has 3 aromatic rings. The number of tetrazole rings is 1. The Kier molecular flexibility index (Phi) is 6.25. The molecule has 0 radical (unpaired) electrons. The van der Waals surface area contributed by atoms with Gasteiger partial charge in [0.05, 0.1) is 13.1 Å². The van der Waals surface area contributed by atoms with Crippen LogP contribution in [-0.2, 0) is 24.4 Å². The Bertz CT molecular complexity index is 936. The third-order valence-electron chi connectivity index (χ3n) is 4.19. The summed E-state index contributed by atoms with van der Waals surface area (Å²) < 4.78 is 38.7. The van der Waals surface area contributed by atoms with Crippen molar-refractivity contribution in [2.24, 2.45) is 0 Å². The van der Waals surface area contributed by atoms with Crippen LogP contribution in [0.3, 0.4) is 0 Å². The van der Waals surface area contributed by atoms with Crippen molar-refractivity contribution in [3.63, 3.8) is 0 Å². The molecule has 0 aliphatic heterocycles. The molecule has 0 spiro atoms. The van der Waals surface area contributed by atoms with Crippen molar-refractivity contribution < 1.29 is 18.0 Å². The zero-order chi connectivity index (χ0) is 20.9. The quantitative estimate of drug-likeness (QED) is 0.573. The summed E-state index contributed by atoms with van der Waals surface area (Å²) in [5.74, 6) is 0.490. The van der Waals surface area contributed by atoms with Crippen LogP contribution >= 0.6 is 0 Å². The lowest BCUT2D eigenvalue weighted by Gasteiger charge is -2.18. The fourth-order valence-corrected chi connectivity index (χ4v) is 2.73. The Morgan fingerprint density at radius 1 is 1.21 bits per heavy atom. The molecule has 0 fully saturated rings. The molecule has 0 unspecified atom stereocenters. The molecule has 0 atom stereocenters. The van der Waals surface area contributed by atoms with Crippen LogP contribution in [0.15, 0.2) is 42.7 Å². The second-order valence-corrected chi connectivity index (χ2v) is 6.51. The van der Waals surface area contributed by atoms with E-state index >= 15 is 0 Å². The largest absolute Gasteiger partial charge is 0.406 e. The van der Waals surface area contributed by atoms with Gasteiger partial charge in [0, 0.05) is 31.4 Å². The molecular formula is C18H20F3N7O. The molecule has 8 nitrogen and oxygen atoms in total. The average Bonchev–Trinajstić information content (AvgIpc) is 3.31. The van der Waals surface area contributed by atoms with Gasteiger partial charge >= 0.3 is 6.18 Å². The first-order chi connectivity index (χ1) is 13.8. The van der Waals surface area contributed by atoms with E-state index in [1.807, 2.05) is 30.3 Å². The molecule has 29 heavy (non-hydrogen) atoms. The summed E-state index contributed by atoms with van der Waals surface area (Å²) >= 11 is 0. The Labute approximate surface area is 165 Å². The van der Waals surface area contributed by atoms with Crippen LogP contribution in [0.4, 0.5) is 13.2 Å².